The predicted octanol–water partition coefficient (Wildman–Crippen LogP) is 6.19. The van der Waals surface area contributed by atoms with E-state index in [0.29, 0.717) is 35.6 Å². The molecule has 4 rings (SSSR count). The summed E-state index contributed by atoms with van der Waals surface area (Å²) in [6.07, 6.45) is 2.66. The minimum Gasteiger partial charge on any atom is -0.492 e. The predicted molar refractivity (Wildman–Crippen MR) is 174 cm³/mol. The van der Waals surface area contributed by atoms with E-state index in [1.54, 1.807) is 43.6 Å². The number of fused-ring (bicyclic) bond motifs is 1. The van der Waals surface area contributed by atoms with E-state index in [1.165, 1.54) is 7.11 Å². The summed E-state index contributed by atoms with van der Waals surface area (Å²) in [4.78, 5) is 22.0. The molecule has 0 aliphatic carbocycles. The van der Waals surface area contributed by atoms with Gasteiger partial charge in [-0.15, -0.1) is 0 Å². The fourth-order valence-electron chi connectivity index (χ4n) is 4.49. The number of urea groups is 1. The molecule has 0 saturated carbocycles. The summed E-state index contributed by atoms with van der Waals surface area (Å²) in [7, 11) is -0.578. The van der Waals surface area contributed by atoms with Crippen LogP contribution in [0.15, 0.2) is 60.8 Å². The van der Waals surface area contributed by atoms with Crippen molar-refractivity contribution < 1.29 is 27.4 Å². The maximum absolute atomic E-state index is 13.3. The Morgan fingerprint density at radius 1 is 0.955 bits per heavy atom. The number of sulfonamides is 1. The highest BCUT2D eigenvalue weighted by molar-refractivity contribution is 7.92. The van der Waals surface area contributed by atoms with E-state index in [1.807, 2.05) is 52.0 Å². The minimum atomic E-state index is -3.61. The van der Waals surface area contributed by atoms with Crippen molar-refractivity contribution in [2.45, 2.75) is 39.2 Å². The number of nitrogens with one attached hydrogen (secondary N) is 4. The van der Waals surface area contributed by atoms with Crippen LogP contribution in [0, 0.1) is 0 Å². The van der Waals surface area contributed by atoms with Gasteiger partial charge in [-0.2, -0.15) is 4.98 Å². The van der Waals surface area contributed by atoms with Gasteiger partial charge in [-0.1, -0.05) is 45.0 Å². The van der Waals surface area contributed by atoms with Crippen molar-refractivity contribution in [3.8, 4) is 17.4 Å². The van der Waals surface area contributed by atoms with Crippen LogP contribution in [0.2, 0.25) is 0 Å². The first-order valence-corrected chi connectivity index (χ1v) is 15.7. The van der Waals surface area contributed by atoms with Gasteiger partial charge >= 0.3 is 6.03 Å². The molecule has 234 valence electrons. The molecule has 44 heavy (non-hydrogen) atoms. The average Bonchev–Trinajstić information content (AvgIpc) is 2.93. The zero-order chi connectivity index (χ0) is 32.1. The molecular weight excluding hydrogens is 584 g/mol. The molecule has 1 unspecified atom stereocenters. The summed E-state index contributed by atoms with van der Waals surface area (Å²) < 4.78 is 43.4. The molecule has 0 saturated heterocycles. The van der Waals surface area contributed by atoms with Gasteiger partial charge in [0.1, 0.15) is 5.75 Å². The smallest absolute Gasteiger partial charge is 0.323 e. The van der Waals surface area contributed by atoms with E-state index in [-0.39, 0.29) is 22.9 Å². The average molecular weight is 623 g/mol. The van der Waals surface area contributed by atoms with Gasteiger partial charge in [0.05, 0.1) is 37.0 Å². The van der Waals surface area contributed by atoms with E-state index in [9.17, 15) is 13.2 Å². The quantitative estimate of drug-likeness (QED) is 0.153. The molecule has 0 radical (unpaired) electrons. The lowest BCUT2D eigenvalue weighted by molar-refractivity contribution is 0.190. The highest BCUT2D eigenvalue weighted by atomic mass is 32.2. The number of anilines is 4. The molecule has 0 fully saturated rings. The Bertz CT molecular complexity index is 1760. The van der Waals surface area contributed by atoms with Crippen LogP contribution in [0.1, 0.15) is 33.3 Å². The summed E-state index contributed by atoms with van der Waals surface area (Å²) >= 11 is 0. The van der Waals surface area contributed by atoms with Crippen molar-refractivity contribution in [3.05, 3.63) is 66.4 Å². The maximum atomic E-state index is 13.3. The van der Waals surface area contributed by atoms with E-state index >= 15 is 0 Å². The van der Waals surface area contributed by atoms with E-state index in [2.05, 4.69) is 30.6 Å². The molecule has 1 aromatic heterocycles. The van der Waals surface area contributed by atoms with Crippen molar-refractivity contribution in [1.29, 1.82) is 0 Å². The Labute approximate surface area is 257 Å². The first-order valence-electron chi connectivity index (χ1n) is 13.8. The second kappa shape index (κ2) is 13.3. The van der Waals surface area contributed by atoms with Gasteiger partial charge in [0, 0.05) is 36.2 Å². The first-order chi connectivity index (χ1) is 20.8. The molecule has 1 atom stereocenters. The largest absolute Gasteiger partial charge is 0.492 e. The molecule has 13 heteroatoms. The molecular formula is C31H38N6O6S. The second-order valence-electron chi connectivity index (χ2n) is 11.3. The Kier molecular flexibility index (Phi) is 9.80. The van der Waals surface area contributed by atoms with Gasteiger partial charge in [-0.3, -0.25) is 4.72 Å². The monoisotopic (exact) mass is 622 g/mol. The summed E-state index contributed by atoms with van der Waals surface area (Å²) in [5.41, 5.74) is 1.51. The number of methoxy groups -OCH3 is 2. The SMILES string of the molecule is COCC(C)Nc1nccc(Oc2ccc(NC(=O)Nc3cc(C(C)(C)C)cc(NS(C)(=O)=O)c3OC)c3ccccc23)n1. The lowest BCUT2D eigenvalue weighted by atomic mass is 9.86. The highest BCUT2D eigenvalue weighted by Crippen LogP contribution is 2.39. The van der Waals surface area contributed by atoms with Crippen LogP contribution in [0.3, 0.4) is 0 Å². The Morgan fingerprint density at radius 2 is 1.64 bits per heavy atom. The number of rotatable bonds is 11. The molecule has 0 aliphatic rings. The highest BCUT2D eigenvalue weighted by Gasteiger charge is 2.22. The van der Waals surface area contributed by atoms with Crippen LogP contribution >= 0.6 is 0 Å². The molecule has 12 nitrogen and oxygen atoms in total. The van der Waals surface area contributed by atoms with Crippen molar-refractivity contribution in [2.75, 3.05) is 47.8 Å². The summed E-state index contributed by atoms with van der Waals surface area (Å²) in [6, 6.07) is 15.5. The Hall–Kier alpha value is -4.62. The zero-order valence-corrected chi connectivity index (χ0v) is 26.6. The third-order valence-corrected chi connectivity index (χ3v) is 7.06. The normalized spacial score (nSPS) is 12.3. The number of carbonyl (C=O) groups is 1. The van der Waals surface area contributed by atoms with Crippen LogP contribution < -0.4 is 30.1 Å². The summed E-state index contributed by atoms with van der Waals surface area (Å²) in [5, 5.41) is 10.4. The number of hydrogen-bond acceptors (Lipinski definition) is 9. The molecule has 0 spiro atoms. The number of hydrogen-bond donors (Lipinski definition) is 4. The molecule has 3 aromatic carbocycles. The zero-order valence-electron chi connectivity index (χ0n) is 25.8. The molecule has 2 amide bonds. The van der Waals surface area contributed by atoms with Crippen molar-refractivity contribution in [1.82, 2.24) is 9.97 Å². The van der Waals surface area contributed by atoms with E-state index in [0.717, 1.165) is 22.6 Å². The number of nitrogens with zero attached hydrogens (tertiary/aromatic N) is 2. The molecule has 4 aromatic rings. The van der Waals surface area contributed by atoms with E-state index < -0.39 is 16.1 Å². The standard InChI is InChI=1S/C31H38N6O6S/c1-19(18-41-5)33-29-32-15-14-27(36-29)43-26-13-12-23(21-10-8-9-11-22(21)26)34-30(38)35-24-16-20(31(2,3)4)17-25(28(24)42-6)37-44(7,39)40/h8-17,19,37H,18H2,1-7H3,(H,32,33,36)(H2,34,35,38). The van der Waals surface area contributed by atoms with Crippen molar-refractivity contribution in [2.24, 2.45) is 0 Å². The van der Waals surface area contributed by atoms with Gasteiger partial charge < -0.3 is 30.2 Å². The maximum Gasteiger partial charge on any atom is 0.323 e. The van der Waals surface area contributed by atoms with Gasteiger partial charge in [0.2, 0.25) is 21.9 Å². The number of ether oxygens (including phenoxy) is 3. The fourth-order valence-corrected chi connectivity index (χ4v) is 5.04. The number of carbonyl (C=O) groups excluding carboxylic acids is 1. The summed E-state index contributed by atoms with van der Waals surface area (Å²) in [5.74, 6) is 1.48. The first kappa shape index (κ1) is 32.3. The van der Waals surface area contributed by atoms with Gasteiger partial charge in [0.25, 0.3) is 0 Å². The topological polar surface area (TPSA) is 153 Å². The second-order valence-corrected chi connectivity index (χ2v) is 13.0. The Balaban J connectivity index is 1.61. The lowest BCUT2D eigenvalue weighted by Crippen LogP contribution is -2.22. The fraction of sp³-hybridized carbons (Fsp3) is 0.323. The van der Waals surface area contributed by atoms with Crippen LogP contribution in [0.25, 0.3) is 10.8 Å². The lowest BCUT2D eigenvalue weighted by Gasteiger charge is -2.24. The third-order valence-electron chi connectivity index (χ3n) is 6.47. The Morgan fingerprint density at radius 3 is 2.30 bits per heavy atom. The molecule has 1 heterocycles. The molecule has 0 aliphatic heterocycles. The van der Waals surface area contributed by atoms with Gasteiger partial charge in [0.15, 0.2) is 5.75 Å². The summed E-state index contributed by atoms with van der Waals surface area (Å²) in [6.45, 7) is 8.41. The van der Waals surface area contributed by atoms with Crippen molar-refractivity contribution in [3.63, 3.8) is 0 Å². The van der Waals surface area contributed by atoms with Crippen LogP contribution in [-0.4, -0.2) is 57.5 Å². The van der Waals surface area contributed by atoms with Crippen LogP contribution in [-0.2, 0) is 20.2 Å². The van der Waals surface area contributed by atoms with Gasteiger partial charge in [-0.05, 0) is 42.2 Å². The number of benzene rings is 3. The van der Waals surface area contributed by atoms with E-state index in [4.69, 9.17) is 14.2 Å². The van der Waals surface area contributed by atoms with Gasteiger partial charge in [-0.25, -0.2) is 18.2 Å². The number of aromatic nitrogens is 2. The third kappa shape index (κ3) is 8.26. The number of amides is 2. The minimum absolute atomic E-state index is 0.00558. The van der Waals surface area contributed by atoms with Crippen LogP contribution in [0.4, 0.5) is 27.8 Å². The molecule has 4 N–H and O–H groups in total. The molecule has 0 bridgehead atoms. The van der Waals surface area contributed by atoms with Crippen LogP contribution in [0.5, 0.6) is 17.4 Å². The van der Waals surface area contributed by atoms with Crippen molar-refractivity contribution >= 4 is 49.8 Å².